The van der Waals surface area contributed by atoms with Crippen LogP contribution >= 0.6 is 11.3 Å². The van der Waals surface area contributed by atoms with Gasteiger partial charge in [-0.05, 0) is 25.5 Å². The highest BCUT2D eigenvalue weighted by molar-refractivity contribution is 7.09. The smallest absolute Gasteiger partial charge is 0.275 e. The molecule has 0 bridgehead atoms. The van der Waals surface area contributed by atoms with E-state index in [-0.39, 0.29) is 11.9 Å². The molecule has 2 heterocycles. The Labute approximate surface area is 180 Å². The third-order valence-corrected chi connectivity index (χ3v) is 5.79. The van der Waals surface area contributed by atoms with Gasteiger partial charge in [-0.15, -0.1) is 11.3 Å². The van der Waals surface area contributed by atoms with Crippen LogP contribution in [0.4, 0.5) is 0 Å². The van der Waals surface area contributed by atoms with Crippen molar-refractivity contribution >= 4 is 28.1 Å². The first-order valence-electron chi connectivity index (χ1n) is 10.2. The molecule has 4 rings (SSSR count). The number of nitrogens with zero attached hydrogens (tertiary/aromatic N) is 1. The van der Waals surface area contributed by atoms with Crippen molar-refractivity contribution in [3.05, 3.63) is 65.0 Å². The Morgan fingerprint density at radius 3 is 2.63 bits per heavy atom. The van der Waals surface area contributed by atoms with Gasteiger partial charge in [0.15, 0.2) is 6.54 Å². The van der Waals surface area contributed by atoms with Crippen molar-refractivity contribution in [2.75, 3.05) is 13.6 Å². The summed E-state index contributed by atoms with van der Waals surface area (Å²) in [4.78, 5) is 21.7. The lowest BCUT2D eigenvalue weighted by molar-refractivity contribution is -0.885. The van der Waals surface area contributed by atoms with Gasteiger partial charge in [-0.1, -0.05) is 48.5 Å². The van der Waals surface area contributed by atoms with Gasteiger partial charge in [0.05, 0.1) is 18.4 Å². The van der Waals surface area contributed by atoms with Crippen molar-refractivity contribution in [3.63, 3.8) is 0 Å². The number of para-hydroxylation sites is 1. The fourth-order valence-corrected chi connectivity index (χ4v) is 4.60. The second kappa shape index (κ2) is 8.81. The topological polar surface area (TPSA) is 62.2 Å². The summed E-state index contributed by atoms with van der Waals surface area (Å²) in [5, 5.41) is 7.28. The molecule has 2 aromatic heterocycles. The lowest BCUT2D eigenvalue weighted by Gasteiger charge is -2.13. The van der Waals surface area contributed by atoms with E-state index in [0.717, 1.165) is 44.5 Å². The molecule has 0 saturated heterocycles. The Balaban J connectivity index is 1.63. The number of nitrogens with one attached hydrogen (secondary N) is 3. The number of fused-ring (bicyclic) bond motifs is 1. The average molecular weight is 420 g/mol. The van der Waals surface area contributed by atoms with E-state index in [9.17, 15) is 4.79 Å². The van der Waals surface area contributed by atoms with E-state index in [1.807, 2.05) is 33.0 Å². The van der Waals surface area contributed by atoms with Gasteiger partial charge in [0, 0.05) is 27.9 Å². The zero-order valence-electron chi connectivity index (χ0n) is 17.5. The van der Waals surface area contributed by atoms with Gasteiger partial charge in [-0.25, -0.2) is 4.98 Å². The van der Waals surface area contributed by atoms with Crippen molar-refractivity contribution in [1.29, 1.82) is 0 Å². The van der Waals surface area contributed by atoms with Crippen LogP contribution in [0.5, 0.6) is 0 Å². The molecule has 1 atom stereocenters. The van der Waals surface area contributed by atoms with Crippen LogP contribution in [0.3, 0.4) is 0 Å². The Bertz CT molecular complexity index is 1150. The maximum absolute atomic E-state index is 12.0. The summed E-state index contributed by atoms with van der Waals surface area (Å²) in [5.74, 6) is 0.0715. The molecular formula is C24H27N4OS+. The van der Waals surface area contributed by atoms with Gasteiger partial charge < -0.3 is 15.2 Å². The fraction of sp³-hybridized carbons (Fsp3) is 0.250. The van der Waals surface area contributed by atoms with Crippen LogP contribution in [-0.2, 0) is 11.3 Å². The maximum Gasteiger partial charge on any atom is 0.275 e. The third kappa shape index (κ3) is 4.45. The van der Waals surface area contributed by atoms with Gasteiger partial charge in [0.25, 0.3) is 5.91 Å². The SMILES string of the molecule is CC(C)NC(=O)C[NH+](C)Cc1nc(-c2c(-c3ccccc3)[nH]c3ccccc23)cs1. The van der Waals surface area contributed by atoms with Crippen molar-refractivity contribution in [2.24, 2.45) is 0 Å². The van der Waals surface area contributed by atoms with Gasteiger partial charge in [0.2, 0.25) is 0 Å². The predicted octanol–water partition coefficient (Wildman–Crippen LogP) is 3.50. The normalized spacial score (nSPS) is 12.4. The number of carbonyl (C=O) groups excluding carboxylic acids is 1. The van der Waals surface area contributed by atoms with Crippen molar-refractivity contribution in [3.8, 4) is 22.5 Å². The van der Waals surface area contributed by atoms with Crippen LogP contribution in [0, 0.1) is 0 Å². The Morgan fingerprint density at radius 1 is 1.13 bits per heavy atom. The van der Waals surface area contributed by atoms with E-state index in [0.29, 0.717) is 6.54 Å². The molecule has 154 valence electrons. The Morgan fingerprint density at radius 2 is 1.87 bits per heavy atom. The number of rotatable bonds is 7. The summed E-state index contributed by atoms with van der Waals surface area (Å²) in [7, 11) is 2.03. The molecule has 4 aromatic rings. The number of benzene rings is 2. The number of aromatic nitrogens is 2. The van der Waals surface area contributed by atoms with Crippen LogP contribution in [0.15, 0.2) is 60.0 Å². The van der Waals surface area contributed by atoms with Gasteiger partial charge >= 0.3 is 0 Å². The molecule has 0 aliphatic heterocycles. The van der Waals surface area contributed by atoms with Crippen LogP contribution in [-0.4, -0.2) is 35.5 Å². The minimum atomic E-state index is 0.0715. The first-order valence-corrected chi connectivity index (χ1v) is 11.1. The first-order chi connectivity index (χ1) is 14.5. The highest BCUT2D eigenvalue weighted by Gasteiger charge is 2.19. The molecule has 0 spiro atoms. The molecule has 6 heteroatoms. The third-order valence-electron chi connectivity index (χ3n) is 4.94. The van der Waals surface area contributed by atoms with E-state index in [2.05, 4.69) is 58.1 Å². The zero-order chi connectivity index (χ0) is 21.1. The average Bonchev–Trinajstić information content (AvgIpc) is 3.31. The number of likely N-dealkylation sites (N-methyl/N-ethyl adjacent to an activating group) is 1. The van der Waals surface area contributed by atoms with E-state index in [1.165, 1.54) is 5.39 Å². The lowest BCUT2D eigenvalue weighted by atomic mass is 10.0. The fourth-order valence-electron chi connectivity index (χ4n) is 3.70. The van der Waals surface area contributed by atoms with Crippen molar-refractivity contribution < 1.29 is 9.69 Å². The standard InChI is InChI=1S/C24H26N4OS/c1-16(2)25-21(29)13-28(3)14-22-26-20(15-30-22)23-18-11-7-8-12-19(18)27-24(23)17-9-5-4-6-10-17/h4-12,15-16,27H,13-14H2,1-3H3,(H,25,29)/p+1. The molecule has 5 nitrogen and oxygen atoms in total. The second-order valence-corrected chi connectivity index (χ2v) is 8.89. The van der Waals surface area contributed by atoms with Crippen LogP contribution in [0.1, 0.15) is 18.9 Å². The van der Waals surface area contributed by atoms with Gasteiger partial charge in [-0.3, -0.25) is 4.79 Å². The molecule has 0 fully saturated rings. The van der Waals surface area contributed by atoms with Crippen molar-refractivity contribution in [2.45, 2.75) is 26.4 Å². The number of thiazole rings is 1. The van der Waals surface area contributed by atoms with E-state index < -0.39 is 0 Å². The lowest BCUT2D eigenvalue weighted by Crippen LogP contribution is -3.09. The highest BCUT2D eigenvalue weighted by Crippen LogP contribution is 2.38. The highest BCUT2D eigenvalue weighted by atomic mass is 32.1. The molecule has 30 heavy (non-hydrogen) atoms. The summed E-state index contributed by atoms with van der Waals surface area (Å²) in [6.45, 7) is 5.12. The summed E-state index contributed by atoms with van der Waals surface area (Å²) < 4.78 is 0. The zero-order valence-corrected chi connectivity index (χ0v) is 18.3. The Hall–Kier alpha value is -2.96. The minimum Gasteiger partial charge on any atom is -0.354 e. The monoisotopic (exact) mass is 419 g/mol. The molecule has 2 aromatic carbocycles. The number of aromatic amines is 1. The van der Waals surface area contributed by atoms with E-state index in [4.69, 9.17) is 4.98 Å². The molecule has 0 aliphatic rings. The molecule has 1 unspecified atom stereocenters. The number of hydrogen-bond acceptors (Lipinski definition) is 3. The van der Waals surface area contributed by atoms with Gasteiger partial charge in [0.1, 0.15) is 11.6 Å². The molecule has 3 N–H and O–H groups in total. The molecule has 0 aliphatic carbocycles. The number of H-pyrrole nitrogens is 1. The van der Waals surface area contributed by atoms with Crippen LogP contribution < -0.4 is 10.2 Å². The molecule has 0 saturated carbocycles. The number of carbonyl (C=O) groups is 1. The molecule has 0 radical (unpaired) electrons. The maximum atomic E-state index is 12.0. The van der Waals surface area contributed by atoms with Gasteiger partial charge in [-0.2, -0.15) is 0 Å². The van der Waals surface area contributed by atoms with Crippen molar-refractivity contribution in [1.82, 2.24) is 15.3 Å². The number of hydrogen-bond donors (Lipinski definition) is 3. The Kier molecular flexibility index (Phi) is 5.97. The quantitative estimate of drug-likeness (QED) is 0.429. The van der Waals surface area contributed by atoms with E-state index >= 15 is 0 Å². The predicted molar refractivity (Wildman–Crippen MR) is 124 cm³/mol. The molecular weight excluding hydrogens is 392 g/mol. The first kappa shape index (κ1) is 20.3. The van der Waals surface area contributed by atoms with Crippen LogP contribution in [0.25, 0.3) is 33.4 Å². The number of quaternary nitrogens is 1. The van der Waals surface area contributed by atoms with E-state index in [1.54, 1.807) is 11.3 Å². The molecule has 1 amide bonds. The second-order valence-electron chi connectivity index (χ2n) is 7.95. The summed E-state index contributed by atoms with van der Waals surface area (Å²) in [5.41, 5.74) is 5.45. The summed E-state index contributed by atoms with van der Waals surface area (Å²) in [6, 6.07) is 18.9. The summed E-state index contributed by atoms with van der Waals surface area (Å²) >= 11 is 1.65. The number of amides is 1. The van der Waals surface area contributed by atoms with Crippen LogP contribution in [0.2, 0.25) is 0 Å². The largest absolute Gasteiger partial charge is 0.354 e. The summed E-state index contributed by atoms with van der Waals surface area (Å²) in [6.07, 6.45) is 0. The minimum absolute atomic E-state index is 0.0715.